The summed E-state index contributed by atoms with van der Waals surface area (Å²) in [6.45, 7) is 2.08. The molecule has 0 aliphatic heterocycles. The molecule has 0 atom stereocenters. The van der Waals surface area contributed by atoms with Crippen molar-refractivity contribution < 1.29 is 64.4 Å². The number of hydrogen-bond donors (Lipinski definition) is 0. The van der Waals surface area contributed by atoms with Crippen LogP contribution >= 0.6 is 0 Å². The summed E-state index contributed by atoms with van der Waals surface area (Å²) in [4.78, 5) is -0.0684. The third-order valence-corrected chi connectivity index (χ3v) is 3.23. The first kappa shape index (κ1) is 16.8. The van der Waals surface area contributed by atoms with Gasteiger partial charge in [0.25, 0.3) is 0 Å². The zero-order chi connectivity index (χ0) is 11.3. The molecule has 3 nitrogen and oxygen atoms in total. The molecule has 0 spiro atoms. The number of rotatable bonds is 5. The van der Waals surface area contributed by atoms with Gasteiger partial charge in [0, 0.05) is 0 Å². The monoisotopic (exact) mass is 266 g/mol. The van der Waals surface area contributed by atoms with E-state index in [4.69, 9.17) is 0 Å². The van der Waals surface area contributed by atoms with Crippen LogP contribution in [0.5, 0.6) is 0 Å². The number of benzene rings is 1. The molecule has 0 aromatic heterocycles. The van der Waals surface area contributed by atoms with Crippen molar-refractivity contribution in [3.05, 3.63) is 29.8 Å². The Morgan fingerprint density at radius 1 is 1.19 bits per heavy atom. The Balaban J connectivity index is 0.00000225. The summed E-state index contributed by atoms with van der Waals surface area (Å²) in [6.07, 6.45) is 3.70. The van der Waals surface area contributed by atoms with Gasteiger partial charge in [0.05, 0.1) is 4.90 Å². The smallest absolute Gasteiger partial charge is 0.744 e. The Morgan fingerprint density at radius 2 is 1.81 bits per heavy atom. The van der Waals surface area contributed by atoms with Crippen molar-refractivity contribution in [2.75, 3.05) is 0 Å². The molecule has 0 aliphatic rings. The SMILES string of the molecule is CCCCCc1ccccc1S(=O)(=O)[O-].[K+]. The van der Waals surface area contributed by atoms with Crippen LogP contribution in [-0.2, 0) is 16.5 Å². The van der Waals surface area contributed by atoms with Gasteiger partial charge in [-0.3, -0.25) is 0 Å². The van der Waals surface area contributed by atoms with E-state index in [9.17, 15) is 13.0 Å². The molecule has 0 heterocycles. The van der Waals surface area contributed by atoms with E-state index in [1.54, 1.807) is 18.2 Å². The van der Waals surface area contributed by atoms with Gasteiger partial charge >= 0.3 is 51.4 Å². The van der Waals surface area contributed by atoms with Crippen molar-refractivity contribution in [1.29, 1.82) is 0 Å². The van der Waals surface area contributed by atoms with E-state index in [1.165, 1.54) is 6.07 Å². The maximum atomic E-state index is 10.9. The maximum absolute atomic E-state index is 10.9. The molecule has 0 radical (unpaired) electrons. The summed E-state index contributed by atoms with van der Waals surface area (Å²) >= 11 is 0. The van der Waals surface area contributed by atoms with Crippen molar-refractivity contribution in [1.82, 2.24) is 0 Å². The van der Waals surface area contributed by atoms with E-state index < -0.39 is 10.1 Å². The van der Waals surface area contributed by atoms with Crippen molar-refractivity contribution in [3.63, 3.8) is 0 Å². The first-order chi connectivity index (χ1) is 7.05. The van der Waals surface area contributed by atoms with Crippen molar-refractivity contribution in [2.45, 2.75) is 37.5 Å². The van der Waals surface area contributed by atoms with Crippen LogP contribution in [0.1, 0.15) is 31.7 Å². The molecule has 5 heteroatoms. The minimum atomic E-state index is -4.32. The second kappa shape index (κ2) is 7.97. The van der Waals surface area contributed by atoms with E-state index in [1.807, 2.05) is 0 Å². The summed E-state index contributed by atoms with van der Waals surface area (Å²) in [7, 11) is -4.32. The number of unbranched alkanes of at least 4 members (excludes halogenated alkanes) is 2. The van der Waals surface area contributed by atoms with Gasteiger partial charge in [-0.05, 0) is 24.5 Å². The average molecular weight is 266 g/mol. The largest absolute Gasteiger partial charge is 1.00 e. The normalized spacial score (nSPS) is 10.9. The molecule has 84 valence electrons. The van der Waals surface area contributed by atoms with Crippen molar-refractivity contribution in [3.8, 4) is 0 Å². The third kappa shape index (κ3) is 5.40. The predicted molar refractivity (Wildman–Crippen MR) is 57.6 cm³/mol. The molecule has 0 bridgehead atoms. The predicted octanol–water partition coefficient (Wildman–Crippen LogP) is -0.673. The number of hydrogen-bond acceptors (Lipinski definition) is 3. The quantitative estimate of drug-likeness (QED) is 0.403. The van der Waals surface area contributed by atoms with Crippen LogP contribution < -0.4 is 51.4 Å². The maximum Gasteiger partial charge on any atom is 1.00 e. The average Bonchev–Trinajstić information content (AvgIpc) is 2.17. The first-order valence-electron chi connectivity index (χ1n) is 5.09. The van der Waals surface area contributed by atoms with Crippen LogP contribution in [0.4, 0.5) is 0 Å². The molecule has 1 rings (SSSR count). The fourth-order valence-electron chi connectivity index (χ4n) is 1.52. The molecular formula is C11H15KO3S. The van der Waals surface area contributed by atoms with Gasteiger partial charge in [0.1, 0.15) is 10.1 Å². The molecule has 1 aromatic carbocycles. The third-order valence-electron chi connectivity index (χ3n) is 2.29. The van der Waals surface area contributed by atoms with Crippen molar-refractivity contribution >= 4 is 10.1 Å². The summed E-state index contributed by atoms with van der Waals surface area (Å²) in [5.41, 5.74) is 0.640. The summed E-state index contributed by atoms with van der Waals surface area (Å²) in [5, 5.41) is 0. The second-order valence-electron chi connectivity index (χ2n) is 3.52. The fourth-order valence-corrected chi connectivity index (χ4v) is 2.26. The van der Waals surface area contributed by atoms with E-state index in [2.05, 4.69) is 6.92 Å². The van der Waals surface area contributed by atoms with Crippen LogP contribution in [-0.4, -0.2) is 13.0 Å². The van der Waals surface area contributed by atoms with Gasteiger partial charge < -0.3 is 4.55 Å². The Kier molecular flexibility index (Phi) is 8.35. The molecule has 0 amide bonds. The molecule has 0 N–H and O–H groups in total. The molecule has 0 saturated carbocycles. The van der Waals surface area contributed by atoms with Crippen LogP contribution in [0.25, 0.3) is 0 Å². The van der Waals surface area contributed by atoms with Crippen LogP contribution in [0, 0.1) is 0 Å². The Bertz CT molecular complexity index is 415. The van der Waals surface area contributed by atoms with E-state index in [0.29, 0.717) is 12.0 Å². The van der Waals surface area contributed by atoms with Crippen LogP contribution in [0.15, 0.2) is 29.2 Å². The Hall–Kier alpha value is 0.766. The van der Waals surface area contributed by atoms with Crippen LogP contribution in [0.2, 0.25) is 0 Å². The van der Waals surface area contributed by atoms with E-state index in [-0.39, 0.29) is 56.3 Å². The molecule has 0 fully saturated rings. The number of aryl methyl sites for hydroxylation is 1. The molecule has 0 saturated heterocycles. The molecule has 0 unspecified atom stereocenters. The molecule has 0 aliphatic carbocycles. The Labute approximate surface area is 140 Å². The van der Waals surface area contributed by atoms with E-state index in [0.717, 1.165) is 19.3 Å². The Morgan fingerprint density at radius 3 is 2.38 bits per heavy atom. The van der Waals surface area contributed by atoms with Gasteiger partial charge in [-0.15, -0.1) is 0 Å². The van der Waals surface area contributed by atoms with Gasteiger partial charge in [0.15, 0.2) is 0 Å². The first-order valence-corrected chi connectivity index (χ1v) is 6.50. The topological polar surface area (TPSA) is 57.2 Å². The van der Waals surface area contributed by atoms with Crippen molar-refractivity contribution in [2.24, 2.45) is 0 Å². The second-order valence-corrected chi connectivity index (χ2v) is 4.87. The minimum absolute atomic E-state index is 0. The molecule has 1 aromatic rings. The summed E-state index contributed by atoms with van der Waals surface area (Å²) < 4.78 is 32.8. The van der Waals surface area contributed by atoms with Crippen LogP contribution in [0.3, 0.4) is 0 Å². The van der Waals surface area contributed by atoms with Gasteiger partial charge in [0.2, 0.25) is 0 Å². The minimum Gasteiger partial charge on any atom is -0.744 e. The summed E-state index contributed by atoms with van der Waals surface area (Å²) in [6, 6.07) is 6.42. The molecule has 16 heavy (non-hydrogen) atoms. The van der Waals surface area contributed by atoms with E-state index >= 15 is 0 Å². The fraction of sp³-hybridized carbons (Fsp3) is 0.455. The zero-order valence-corrected chi connectivity index (χ0v) is 13.7. The van der Waals surface area contributed by atoms with Gasteiger partial charge in [-0.2, -0.15) is 0 Å². The van der Waals surface area contributed by atoms with Gasteiger partial charge in [-0.1, -0.05) is 38.0 Å². The van der Waals surface area contributed by atoms with Gasteiger partial charge in [-0.25, -0.2) is 8.42 Å². The molecular weight excluding hydrogens is 251 g/mol. The summed E-state index contributed by atoms with van der Waals surface area (Å²) in [5.74, 6) is 0. The standard InChI is InChI=1S/C11H16O3S.K/c1-2-3-4-7-10-8-5-6-9-11(10)15(12,13)14;/h5-6,8-9H,2-4,7H2,1H3,(H,12,13,14);/q;+1/p-1. The zero-order valence-electron chi connectivity index (χ0n) is 9.77.